The molecular weight excluding hydrogens is 255 g/mol. The zero-order valence-electron chi connectivity index (χ0n) is 9.34. The Balaban J connectivity index is 2.51. The highest BCUT2D eigenvalue weighted by atomic mass is 79.9. The molecule has 0 aliphatic heterocycles. The molecule has 2 atom stereocenters. The Bertz CT molecular complexity index is 298. The minimum absolute atomic E-state index is 0.0916. The summed E-state index contributed by atoms with van der Waals surface area (Å²) in [5.74, 6) is 0.604. The van der Waals surface area contributed by atoms with Crippen molar-refractivity contribution in [3.63, 3.8) is 0 Å². The van der Waals surface area contributed by atoms with E-state index in [1.807, 2.05) is 12.1 Å². The van der Waals surface area contributed by atoms with Gasteiger partial charge < -0.3 is 0 Å². The maximum absolute atomic E-state index is 13.3. The van der Waals surface area contributed by atoms with E-state index in [-0.39, 0.29) is 5.82 Å². The van der Waals surface area contributed by atoms with E-state index in [4.69, 9.17) is 0 Å². The first-order valence-electron chi connectivity index (χ1n) is 5.51. The fourth-order valence-electron chi connectivity index (χ4n) is 1.59. The van der Waals surface area contributed by atoms with Gasteiger partial charge in [-0.3, -0.25) is 0 Å². The summed E-state index contributed by atoms with van der Waals surface area (Å²) in [6, 6.07) is 7.01. The van der Waals surface area contributed by atoms with Crippen LogP contribution in [0.5, 0.6) is 0 Å². The summed E-state index contributed by atoms with van der Waals surface area (Å²) in [5.41, 5.74) is 0.808. The molecule has 0 saturated carbocycles. The molecule has 1 aromatic carbocycles. The van der Waals surface area contributed by atoms with Gasteiger partial charge in [0.15, 0.2) is 0 Å². The second kappa shape index (κ2) is 6.26. The van der Waals surface area contributed by atoms with Crippen LogP contribution in [0.15, 0.2) is 24.3 Å². The molecule has 0 fully saturated rings. The molecule has 0 nitrogen and oxygen atoms in total. The van der Waals surface area contributed by atoms with Crippen molar-refractivity contribution in [2.24, 2.45) is 5.92 Å². The van der Waals surface area contributed by atoms with Gasteiger partial charge >= 0.3 is 0 Å². The summed E-state index contributed by atoms with van der Waals surface area (Å²) < 4.78 is 13.3. The molecule has 0 aliphatic carbocycles. The molecule has 0 bridgehead atoms. The number of hydrogen-bond donors (Lipinski definition) is 0. The topological polar surface area (TPSA) is 0 Å². The predicted octanol–water partition coefficient (Wildman–Crippen LogP) is 4.57. The Morgan fingerprint density at radius 2 is 2.00 bits per heavy atom. The molecule has 2 unspecified atom stereocenters. The summed E-state index contributed by atoms with van der Waals surface area (Å²) in [5, 5.41) is 0. The molecule has 0 aromatic heterocycles. The Labute approximate surface area is 100 Å². The van der Waals surface area contributed by atoms with Gasteiger partial charge in [-0.05, 0) is 30.4 Å². The highest BCUT2D eigenvalue weighted by Gasteiger charge is 2.11. The summed E-state index contributed by atoms with van der Waals surface area (Å²) in [6.07, 6.45) is 3.06. The Kier molecular flexibility index (Phi) is 5.30. The second-order valence-corrected chi connectivity index (χ2v) is 5.44. The van der Waals surface area contributed by atoms with Gasteiger partial charge in [0.05, 0.1) is 0 Å². The van der Waals surface area contributed by atoms with E-state index < -0.39 is 0 Å². The van der Waals surface area contributed by atoms with Crippen LogP contribution in [0, 0.1) is 11.7 Å². The van der Waals surface area contributed by atoms with Crippen LogP contribution in [0.4, 0.5) is 4.39 Å². The Hall–Kier alpha value is -0.370. The first kappa shape index (κ1) is 12.7. The van der Waals surface area contributed by atoms with Crippen LogP contribution in [0.3, 0.4) is 0 Å². The smallest absolute Gasteiger partial charge is 0.126 e. The largest absolute Gasteiger partial charge is 0.207 e. The average Bonchev–Trinajstić information content (AvgIpc) is 2.21. The molecule has 0 spiro atoms. The van der Waals surface area contributed by atoms with E-state index >= 15 is 0 Å². The van der Waals surface area contributed by atoms with E-state index in [1.54, 1.807) is 6.07 Å². The van der Waals surface area contributed by atoms with Gasteiger partial charge in [-0.15, -0.1) is 0 Å². The highest BCUT2D eigenvalue weighted by Crippen LogP contribution is 2.21. The molecule has 1 aromatic rings. The second-order valence-electron chi connectivity index (χ2n) is 4.14. The van der Waals surface area contributed by atoms with Crippen molar-refractivity contribution in [3.8, 4) is 0 Å². The summed E-state index contributed by atoms with van der Waals surface area (Å²) in [6.45, 7) is 4.42. The lowest BCUT2D eigenvalue weighted by atomic mass is 9.99. The standard InChI is InChI=1S/C13H18BrF/c1-3-10(2)8-12(14)9-11-6-4-5-7-13(11)15/h4-7,10,12H,3,8-9H2,1-2H3. The van der Waals surface area contributed by atoms with Crippen LogP contribution in [-0.4, -0.2) is 4.83 Å². The quantitative estimate of drug-likeness (QED) is 0.689. The maximum atomic E-state index is 13.3. The SMILES string of the molecule is CCC(C)CC(Br)Cc1ccccc1F. The third-order valence-electron chi connectivity index (χ3n) is 2.75. The predicted molar refractivity (Wildman–Crippen MR) is 66.9 cm³/mol. The average molecular weight is 273 g/mol. The molecular formula is C13H18BrF. The van der Waals surface area contributed by atoms with Crippen molar-refractivity contribution in [2.75, 3.05) is 0 Å². The molecule has 1 rings (SSSR count). The first-order chi connectivity index (χ1) is 7.13. The van der Waals surface area contributed by atoms with Crippen molar-refractivity contribution >= 4 is 15.9 Å². The Morgan fingerprint density at radius 3 is 2.60 bits per heavy atom. The third-order valence-corrected chi connectivity index (χ3v) is 3.45. The molecule has 0 amide bonds. The monoisotopic (exact) mass is 272 g/mol. The normalized spacial score (nSPS) is 14.9. The molecule has 0 aliphatic rings. The van der Waals surface area contributed by atoms with Gasteiger partial charge in [0.1, 0.15) is 5.82 Å². The fourth-order valence-corrected chi connectivity index (χ4v) is 2.58. The summed E-state index contributed by atoms with van der Waals surface area (Å²) >= 11 is 3.62. The fraction of sp³-hybridized carbons (Fsp3) is 0.538. The van der Waals surface area contributed by atoms with Crippen LogP contribution in [0.25, 0.3) is 0 Å². The minimum Gasteiger partial charge on any atom is -0.207 e. The van der Waals surface area contributed by atoms with Gasteiger partial charge in [-0.1, -0.05) is 54.4 Å². The molecule has 2 heteroatoms. The number of rotatable bonds is 5. The maximum Gasteiger partial charge on any atom is 0.126 e. The zero-order chi connectivity index (χ0) is 11.3. The van der Waals surface area contributed by atoms with Crippen LogP contribution in [-0.2, 0) is 6.42 Å². The summed E-state index contributed by atoms with van der Waals surface area (Å²) in [7, 11) is 0. The number of alkyl halides is 1. The van der Waals surface area contributed by atoms with E-state index in [1.165, 1.54) is 12.5 Å². The van der Waals surface area contributed by atoms with E-state index in [2.05, 4.69) is 29.8 Å². The van der Waals surface area contributed by atoms with Crippen molar-refractivity contribution in [3.05, 3.63) is 35.6 Å². The van der Waals surface area contributed by atoms with Crippen molar-refractivity contribution < 1.29 is 4.39 Å². The van der Waals surface area contributed by atoms with E-state index in [9.17, 15) is 4.39 Å². The van der Waals surface area contributed by atoms with Gasteiger partial charge in [0, 0.05) is 4.83 Å². The number of halogens is 2. The van der Waals surface area contributed by atoms with Crippen molar-refractivity contribution in [1.82, 2.24) is 0 Å². The van der Waals surface area contributed by atoms with Gasteiger partial charge in [0.2, 0.25) is 0 Å². The molecule has 0 N–H and O–H groups in total. The van der Waals surface area contributed by atoms with Crippen molar-refractivity contribution in [2.45, 2.75) is 37.9 Å². The van der Waals surface area contributed by atoms with Crippen LogP contribution in [0.2, 0.25) is 0 Å². The van der Waals surface area contributed by atoms with Crippen LogP contribution in [0.1, 0.15) is 32.3 Å². The van der Waals surface area contributed by atoms with Gasteiger partial charge in [0.25, 0.3) is 0 Å². The Morgan fingerprint density at radius 1 is 1.33 bits per heavy atom. The molecule has 0 radical (unpaired) electrons. The molecule has 15 heavy (non-hydrogen) atoms. The number of benzene rings is 1. The lowest BCUT2D eigenvalue weighted by Gasteiger charge is -2.14. The molecule has 0 heterocycles. The zero-order valence-corrected chi connectivity index (χ0v) is 10.9. The van der Waals surface area contributed by atoms with E-state index in [0.717, 1.165) is 18.4 Å². The first-order valence-corrected chi connectivity index (χ1v) is 6.42. The van der Waals surface area contributed by atoms with Gasteiger partial charge in [-0.25, -0.2) is 4.39 Å². The molecule has 0 saturated heterocycles. The minimum atomic E-state index is -0.0916. The lowest BCUT2D eigenvalue weighted by Crippen LogP contribution is -2.09. The van der Waals surface area contributed by atoms with E-state index in [0.29, 0.717) is 10.7 Å². The summed E-state index contributed by atoms with van der Waals surface area (Å²) in [4.78, 5) is 0.379. The highest BCUT2D eigenvalue weighted by molar-refractivity contribution is 9.09. The molecule has 84 valence electrons. The third kappa shape index (κ3) is 4.33. The van der Waals surface area contributed by atoms with Crippen LogP contribution < -0.4 is 0 Å². The van der Waals surface area contributed by atoms with Crippen molar-refractivity contribution in [1.29, 1.82) is 0 Å². The van der Waals surface area contributed by atoms with Gasteiger partial charge in [-0.2, -0.15) is 0 Å². The van der Waals surface area contributed by atoms with Crippen LogP contribution >= 0.6 is 15.9 Å². The number of hydrogen-bond acceptors (Lipinski definition) is 0. The lowest BCUT2D eigenvalue weighted by molar-refractivity contribution is 0.502.